The molecule has 0 radical (unpaired) electrons. The number of benzene rings is 2. The van der Waals surface area contributed by atoms with Crippen molar-refractivity contribution < 1.29 is 19.8 Å². The highest BCUT2D eigenvalue weighted by molar-refractivity contribution is 5.81. The third-order valence-corrected chi connectivity index (χ3v) is 3.52. The van der Waals surface area contributed by atoms with E-state index in [0.717, 1.165) is 11.1 Å². The average Bonchev–Trinajstić information content (AvgIpc) is 2.60. The van der Waals surface area contributed by atoms with E-state index >= 15 is 0 Å². The first-order valence-electron chi connectivity index (χ1n) is 6.93. The second-order valence-electron chi connectivity index (χ2n) is 5.34. The Morgan fingerprint density at radius 3 is 2.23 bits per heavy atom. The molecule has 0 heterocycles. The quantitative estimate of drug-likeness (QED) is 0.565. The maximum Gasteiger partial charge on any atom is 0.255 e. The van der Waals surface area contributed by atoms with E-state index in [2.05, 4.69) is 0 Å². The molecule has 0 aliphatic heterocycles. The smallest absolute Gasteiger partial charge is 0.255 e. The zero-order valence-electron chi connectivity index (χ0n) is 12.3. The molecule has 2 rings (SSSR count). The molecule has 0 fully saturated rings. The van der Waals surface area contributed by atoms with Crippen LogP contribution in [0.5, 0.6) is 5.75 Å². The van der Waals surface area contributed by atoms with Gasteiger partial charge in [-0.3, -0.25) is 10.0 Å². The zero-order valence-corrected chi connectivity index (χ0v) is 12.3. The first kappa shape index (κ1) is 16.0. The van der Waals surface area contributed by atoms with Gasteiger partial charge in [-0.15, -0.1) is 0 Å². The van der Waals surface area contributed by atoms with E-state index in [1.807, 2.05) is 42.5 Å². The average molecular weight is 301 g/mol. The van der Waals surface area contributed by atoms with Crippen molar-refractivity contribution in [3.05, 3.63) is 54.6 Å². The lowest BCUT2D eigenvalue weighted by Gasteiger charge is -2.24. The largest absolute Gasteiger partial charge is 0.492 e. The van der Waals surface area contributed by atoms with Crippen LogP contribution < -0.4 is 10.2 Å². The Kier molecular flexibility index (Phi) is 5.14. The van der Waals surface area contributed by atoms with Gasteiger partial charge in [0.2, 0.25) is 0 Å². The highest BCUT2D eigenvalue weighted by Crippen LogP contribution is 2.24. The van der Waals surface area contributed by atoms with E-state index in [4.69, 9.17) is 9.94 Å². The first-order chi connectivity index (χ1) is 10.6. The summed E-state index contributed by atoms with van der Waals surface area (Å²) in [6.07, 6.45) is 0. The van der Waals surface area contributed by atoms with E-state index in [0.29, 0.717) is 5.75 Å². The van der Waals surface area contributed by atoms with Crippen molar-refractivity contribution in [2.24, 2.45) is 5.41 Å². The first-order valence-corrected chi connectivity index (χ1v) is 6.93. The summed E-state index contributed by atoms with van der Waals surface area (Å²) >= 11 is 0. The predicted molar refractivity (Wildman–Crippen MR) is 82.5 cm³/mol. The van der Waals surface area contributed by atoms with Gasteiger partial charge in [-0.05, 0) is 30.2 Å². The van der Waals surface area contributed by atoms with E-state index < -0.39 is 17.9 Å². The van der Waals surface area contributed by atoms with Crippen LogP contribution in [0.3, 0.4) is 0 Å². The van der Waals surface area contributed by atoms with Gasteiger partial charge in [0.25, 0.3) is 5.91 Å². The summed E-state index contributed by atoms with van der Waals surface area (Å²) in [6, 6.07) is 17.4. The summed E-state index contributed by atoms with van der Waals surface area (Å²) in [4.78, 5) is 11.5. The fraction of sp³-hybridized carbons (Fsp3) is 0.235. The Bertz CT molecular complexity index is 612. The summed E-state index contributed by atoms with van der Waals surface area (Å²) in [5.41, 5.74) is 2.51. The molecule has 0 aromatic heterocycles. The molecule has 0 aliphatic carbocycles. The number of carbonyl (C=O) groups excluding carboxylic acids is 1. The van der Waals surface area contributed by atoms with Crippen molar-refractivity contribution in [2.45, 2.75) is 6.92 Å². The van der Waals surface area contributed by atoms with Crippen molar-refractivity contribution in [2.75, 3.05) is 13.2 Å². The number of amides is 1. The summed E-state index contributed by atoms with van der Waals surface area (Å²) in [5.74, 6) is -0.0963. The monoisotopic (exact) mass is 301 g/mol. The maximum absolute atomic E-state index is 11.5. The third-order valence-electron chi connectivity index (χ3n) is 3.52. The Morgan fingerprint density at radius 1 is 1.09 bits per heavy atom. The minimum absolute atomic E-state index is 0.0411. The molecular formula is C17H19NO4. The van der Waals surface area contributed by atoms with Crippen molar-refractivity contribution in [1.82, 2.24) is 5.48 Å². The molecule has 116 valence electrons. The maximum atomic E-state index is 11.5. The minimum atomic E-state index is -1.20. The number of aliphatic hydroxyl groups excluding tert-OH is 1. The summed E-state index contributed by atoms with van der Waals surface area (Å²) < 4.78 is 5.54. The number of ether oxygens (including phenoxy) is 1. The number of hydrogen-bond donors (Lipinski definition) is 3. The van der Waals surface area contributed by atoms with Crippen LogP contribution in [0.4, 0.5) is 0 Å². The molecule has 5 nitrogen and oxygen atoms in total. The van der Waals surface area contributed by atoms with Gasteiger partial charge in [-0.1, -0.05) is 42.5 Å². The van der Waals surface area contributed by atoms with Crippen LogP contribution in [0.25, 0.3) is 11.1 Å². The second-order valence-corrected chi connectivity index (χ2v) is 5.34. The van der Waals surface area contributed by atoms with Crippen LogP contribution in [0.15, 0.2) is 54.6 Å². The van der Waals surface area contributed by atoms with Crippen LogP contribution >= 0.6 is 0 Å². The lowest BCUT2D eigenvalue weighted by Crippen LogP contribution is -2.44. The third kappa shape index (κ3) is 3.63. The van der Waals surface area contributed by atoms with Gasteiger partial charge in [-0.2, -0.15) is 0 Å². The standard InChI is InChI=1S/C17H19NO4/c1-17(11-19,16(20)18-21)12-22-15-9-7-14(8-10-15)13-5-3-2-4-6-13/h2-10,19,21H,11-12H2,1H3,(H,18,20). The molecule has 0 spiro atoms. The number of hydroxylamine groups is 1. The Morgan fingerprint density at radius 2 is 1.68 bits per heavy atom. The Balaban J connectivity index is 2.04. The summed E-state index contributed by atoms with van der Waals surface area (Å²) in [6.45, 7) is 1.04. The molecule has 0 saturated heterocycles. The number of aliphatic hydroxyl groups is 1. The van der Waals surface area contributed by atoms with Crippen LogP contribution in [0.2, 0.25) is 0 Å². The number of nitrogens with one attached hydrogen (secondary N) is 1. The minimum Gasteiger partial charge on any atom is -0.492 e. The number of rotatable bonds is 6. The normalized spacial score (nSPS) is 13.2. The molecule has 2 aromatic carbocycles. The van der Waals surface area contributed by atoms with Crippen molar-refractivity contribution in [3.63, 3.8) is 0 Å². The van der Waals surface area contributed by atoms with Crippen molar-refractivity contribution in [1.29, 1.82) is 0 Å². The molecule has 0 aliphatic rings. The number of carbonyl (C=O) groups is 1. The van der Waals surface area contributed by atoms with E-state index in [1.165, 1.54) is 6.92 Å². The molecule has 1 unspecified atom stereocenters. The summed E-state index contributed by atoms with van der Waals surface area (Å²) in [7, 11) is 0. The second kappa shape index (κ2) is 7.06. The topological polar surface area (TPSA) is 78.8 Å². The van der Waals surface area contributed by atoms with Gasteiger partial charge in [-0.25, -0.2) is 5.48 Å². The lowest BCUT2D eigenvalue weighted by molar-refractivity contribution is -0.143. The SMILES string of the molecule is CC(CO)(COc1ccc(-c2ccccc2)cc1)C(=O)NO. The van der Waals surface area contributed by atoms with Gasteiger partial charge < -0.3 is 9.84 Å². The van der Waals surface area contributed by atoms with E-state index in [-0.39, 0.29) is 6.61 Å². The van der Waals surface area contributed by atoms with Gasteiger partial charge >= 0.3 is 0 Å². The van der Waals surface area contributed by atoms with Crippen LogP contribution in [0, 0.1) is 5.41 Å². The molecule has 1 amide bonds. The van der Waals surface area contributed by atoms with E-state index in [1.54, 1.807) is 17.6 Å². The lowest BCUT2D eigenvalue weighted by atomic mass is 9.92. The molecule has 5 heteroatoms. The van der Waals surface area contributed by atoms with Gasteiger partial charge in [0.1, 0.15) is 17.8 Å². The van der Waals surface area contributed by atoms with Crippen LogP contribution in [-0.4, -0.2) is 29.4 Å². The van der Waals surface area contributed by atoms with Gasteiger partial charge in [0, 0.05) is 0 Å². The molecular weight excluding hydrogens is 282 g/mol. The zero-order chi connectivity index (χ0) is 16.0. The van der Waals surface area contributed by atoms with E-state index in [9.17, 15) is 9.90 Å². The molecule has 0 bridgehead atoms. The fourth-order valence-electron chi connectivity index (χ4n) is 1.93. The van der Waals surface area contributed by atoms with Gasteiger partial charge in [0.05, 0.1) is 6.61 Å². The number of hydrogen-bond acceptors (Lipinski definition) is 4. The molecule has 0 saturated carbocycles. The Hall–Kier alpha value is -2.37. The highest BCUT2D eigenvalue weighted by Gasteiger charge is 2.33. The molecule has 22 heavy (non-hydrogen) atoms. The Labute approximate surface area is 129 Å². The molecule has 1 atom stereocenters. The van der Waals surface area contributed by atoms with Crippen LogP contribution in [-0.2, 0) is 4.79 Å². The highest BCUT2D eigenvalue weighted by atomic mass is 16.5. The fourth-order valence-corrected chi connectivity index (χ4v) is 1.93. The predicted octanol–water partition coefficient (Wildman–Crippen LogP) is 2.24. The van der Waals surface area contributed by atoms with Crippen molar-refractivity contribution in [3.8, 4) is 16.9 Å². The molecule has 3 N–H and O–H groups in total. The van der Waals surface area contributed by atoms with Gasteiger partial charge in [0.15, 0.2) is 0 Å². The van der Waals surface area contributed by atoms with Crippen molar-refractivity contribution >= 4 is 5.91 Å². The molecule has 2 aromatic rings. The summed E-state index contributed by atoms with van der Waals surface area (Å²) in [5, 5.41) is 18.0. The van der Waals surface area contributed by atoms with Crippen LogP contribution in [0.1, 0.15) is 6.92 Å².